The average Bonchev–Trinajstić information content (AvgIpc) is 2.29. The van der Waals surface area contributed by atoms with E-state index in [0.29, 0.717) is 5.75 Å². The number of hydrogen-bond donors (Lipinski definition) is 2. The van der Waals surface area contributed by atoms with E-state index in [-0.39, 0.29) is 23.8 Å². The van der Waals surface area contributed by atoms with Gasteiger partial charge in [0.05, 0.1) is 19.6 Å². The lowest BCUT2D eigenvalue weighted by Gasteiger charge is -2.17. The fourth-order valence-corrected chi connectivity index (χ4v) is 1.64. The summed E-state index contributed by atoms with van der Waals surface area (Å²) in [6, 6.07) is 1.61. The number of carboxylic acid groups (broad SMARTS) is 1. The van der Waals surface area contributed by atoms with Crippen LogP contribution < -0.4 is 15.2 Å². The molecule has 1 aromatic rings. The molecule has 0 aliphatic heterocycles. The van der Waals surface area contributed by atoms with Gasteiger partial charge in [-0.1, -0.05) is 0 Å². The molecule has 0 aromatic heterocycles. The quantitative estimate of drug-likeness (QED) is 0.828. The molecule has 1 rings (SSSR count). The molecule has 1 aromatic carbocycles. The number of aliphatic carboxylic acids is 1. The largest absolute Gasteiger partial charge is 0.493 e. The van der Waals surface area contributed by atoms with Crippen LogP contribution in [0.15, 0.2) is 12.1 Å². The molecule has 0 aliphatic rings. The first-order valence-electron chi connectivity index (χ1n) is 5.86. The molecular weight excluding hydrogens is 253 g/mol. The van der Waals surface area contributed by atoms with Crippen LogP contribution in [0, 0.1) is 5.82 Å². The Bertz CT molecular complexity index is 462. The molecule has 1 unspecified atom stereocenters. The molecule has 0 amide bonds. The zero-order valence-electron chi connectivity index (χ0n) is 11.1. The third-order valence-electron chi connectivity index (χ3n) is 2.44. The van der Waals surface area contributed by atoms with Crippen LogP contribution in [-0.2, 0) is 4.79 Å². The SMILES string of the molecule is COc1cc(F)c(C(N)CC(=O)O)cc1OC(C)C. The van der Waals surface area contributed by atoms with Gasteiger partial charge in [-0.15, -0.1) is 0 Å². The maximum Gasteiger partial charge on any atom is 0.305 e. The highest BCUT2D eigenvalue weighted by Crippen LogP contribution is 2.33. The van der Waals surface area contributed by atoms with Crippen LogP contribution >= 0.6 is 0 Å². The number of rotatable bonds is 6. The number of benzene rings is 1. The van der Waals surface area contributed by atoms with E-state index in [1.54, 1.807) is 0 Å². The Balaban J connectivity index is 3.14. The molecule has 5 nitrogen and oxygen atoms in total. The van der Waals surface area contributed by atoms with E-state index in [4.69, 9.17) is 20.3 Å². The van der Waals surface area contributed by atoms with Gasteiger partial charge < -0.3 is 20.3 Å². The van der Waals surface area contributed by atoms with Gasteiger partial charge in [0.25, 0.3) is 0 Å². The van der Waals surface area contributed by atoms with Crippen molar-refractivity contribution in [1.82, 2.24) is 0 Å². The molecule has 0 heterocycles. The molecule has 1 atom stereocenters. The molecule has 19 heavy (non-hydrogen) atoms. The molecule has 0 saturated carbocycles. The van der Waals surface area contributed by atoms with Gasteiger partial charge in [-0.2, -0.15) is 0 Å². The number of hydrogen-bond acceptors (Lipinski definition) is 4. The van der Waals surface area contributed by atoms with Crippen molar-refractivity contribution < 1.29 is 23.8 Å². The van der Waals surface area contributed by atoms with Crippen LogP contribution in [0.3, 0.4) is 0 Å². The van der Waals surface area contributed by atoms with Crippen LogP contribution in [0.5, 0.6) is 11.5 Å². The van der Waals surface area contributed by atoms with Crippen LogP contribution in [-0.4, -0.2) is 24.3 Å². The van der Waals surface area contributed by atoms with E-state index in [1.165, 1.54) is 13.2 Å². The number of halogens is 1. The van der Waals surface area contributed by atoms with Crippen molar-refractivity contribution in [3.63, 3.8) is 0 Å². The Morgan fingerprint density at radius 3 is 2.53 bits per heavy atom. The second-order valence-electron chi connectivity index (χ2n) is 4.40. The lowest BCUT2D eigenvalue weighted by molar-refractivity contribution is -0.137. The van der Waals surface area contributed by atoms with Crippen molar-refractivity contribution in [3.8, 4) is 11.5 Å². The Labute approximate surface area is 111 Å². The highest BCUT2D eigenvalue weighted by atomic mass is 19.1. The molecule has 0 aliphatic carbocycles. The van der Waals surface area contributed by atoms with Gasteiger partial charge in [0.15, 0.2) is 11.5 Å². The Morgan fingerprint density at radius 2 is 2.05 bits per heavy atom. The summed E-state index contributed by atoms with van der Waals surface area (Å²) in [5.41, 5.74) is 5.77. The molecule has 6 heteroatoms. The van der Waals surface area contributed by atoms with E-state index in [0.717, 1.165) is 6.07 Å². The summed E-state index contributed by atoms with van der Waals surface area (Å²) in [7, 11) is 1.40. The summed E-state index contributed by atoms with van der Waals surface area (Å²) in [6.07, 6.45) is -0.479. The highest BCUT2D eigenvalue weighted by Gasteiger charge is 2.19. The lowest BCUT2D eigenvalue weighted by atomic mass is 10.0. The van der Waals surface area contributed by atoms with Crippen LogP contribution in [0.25, 0.3) is 0 Å². The molecule has 0 bridgehead atoms. The Hall–Kier alpha value is -1.82. The van der Waals surface area contributed by atoms with Gasteiger partial charge in [-0.25, -0.2) is 4.39 Å². The summed E-state index contributed by atoms with van der Waals surface area (Å²) < 4.78 is 24.4. The molecule has 0 fully saturated rings. The van der Waals surface area contributed by atoms with Gasteiger partial charge in [0.1, 0.15) is 5.82 Å². The number of carboxylic acids is 1. The Kier molecular flexibility index (Phi) is 5.11. The van der Waals surface area contributed by atoms with Gasteiger partial charge in [0.2, 0.25) is 0 Å². The molecule has 0 spiro atoms. The predicted octanol–water partition coefficient (Wildman–Crippen LogP) is 2.10. The van der Waals surface area contributed by atoms with E-state index in [9.17, 15) is 9.18 Å². The standard InChI is InChI=1S/C13H18FNO4/c1-7(2)19-12-4-8(10(15)6-13(16)17)9(14)5-11(12)18-3/h4-5,7,10H,6,15H2,1-3H3,(H,16,17). The summed E-state index contributed by atoms with van der Waals surface area (Å²) in [6.45, 7) is 3.64. The van der Waals surface area contributed by atoms with Crippen LogP contribution in [0.2, 0.25) is 0 Å². The normalized spacial score (nSPS) is 12.3. The first kappa shape index (κ1) is 15.2. The van der Waals surface area contributed by atoms with E-state index < -0.39 is 17.8 Å². The first-order chi connectivity index (χ1) is 8.85. The van der Waals surface area contributed by atoms with Crippen LogP contribution in [0.1, 0.15) is 31.9 Å². The molecule has 0 saturated heterocycles. The fourth-order valence-electron chi connectivity index (χ4n) is 1.64. The first-order valence-corrected chi connectivity index (χ1v) is 5.86. The minimum Gasteiger partial charge on any atom is -0.493 e. The van der Waals surface area contributed by atoms with Crippen molar-refractivity contribution in [3.05, 3.63) is 23.5 Å². The number of methoxy groups -OCH3 is 1. The minimum absolute atomic E-state index is 0.0962. The second kappa shape index (κ2) is 6.38. The predicted molar refractivity (Wildman–Crippen MR) is 67.9 cm³/mol. The summed E-state index contributed by atoms with van der Waals surface area (Å²) >= 11 is 0. The fraction of sp³-hybridized carbons (Fsp3) is 0.462. The summed E-state index contributed by atoms with van der Waals surface area (Å²) in [4.78, 5) is 10.6. The van der Waals surface area contributed by atoms with Crippen molar-refractivity contribution in [1.29, 1.82) is 0 Å². The summed E-state index contributed by atoms with van der Waals surface area (Å²) in [5.74, 6) is -1.11. The molecular formula is C13H18FNO4. The smallest absolute Gasteiger partial charge is 0.305 e. The maximum absolute atomic E-state index is 13.8. The zero-order valence-corrected chi connectivity index (χ0v) is 11.1. The van der Waals surface area contributed by atoms with Crippen LogP contribution in [0.4, 0.5) is 4.39 Å². The van der Waals surface area contributed by atoms with E-state index >= 15 is 0 Å². The van der Waals surface area contributed by atoms with Crippen molar-refractivity contribution >= 4 is 5.97 Å². The zero-order chi connectivity index (χ0) is 14.6. The average molecular weight is 271 g/mol. The van der Waals surface area contributed by atoms with Gasteiger partial charge in [-0.05, 0) is 19.9 Å². The Morgan fingerprint density at radius 1 is 1.42 bits per heavy atom. The topological polar surface area (TPSA) is 81.8 Å². The monoisotopic (exact) mass is 271 g/mol. The van der Waals surface area contributed by atoms with Crippen molar-refractivity contribution in [2.75, 3.05) is 7.11 Å². The third kappa shape index (κ3) is 4.10. The van der Waals surface area contributed by atoms with Gasteiger partial charge >= 0.3 is 5.97 Å². The third-order valence-corrected chi connectivity index (χ3v) is 2.44. The summed E-state index contributed by atoms with van der Waals surface area (Å²) in [5, 5.41) is 8.69. The highest BCUT2D eigenvalue weighted by molar-refractivity contribution is 5.68. The molecule has 106 valence electrons. The maximum atomic E-state index is 13.8. The van der Waals surface area contributed by atoms with Gasteiger partial charge in [0, 0.05) is 17.7 Å². The van der Waals surface area contributed by atoms with E-state index in [1.807, 2.05) is 13.8 Å². The number of nitrogens with two attached hydrogens (primary N) is 1. The number of ether oxygens (including phenoxy) is 2. The van der Waals surface area contributed by atoms with Crippen molar-refractivity contribution in [2.45, 2.75) is 32.4 Å². The number of carbonyl (C=O) groups is 1. The second-order valence-corrected chi connectivity index (χ2v) is 4.40. The molecule has 0 radical (unpaired) electrons. The minimum atomic E-state index is -1.09. The van der Waals surface area contributed by atoms with E-state index in [2.05, 4.69) is 0 Å². The van der Waals surface area contributed by atoms with Crippen molar-refractivity contribution in [2.24, 2.45) is 5.73 Å². The molecule has 3 N–H and O–H groups in total. The lowest BCUT2D eigenvalue weighted by Crippen LogP contribution is -2.17. The van der Waals surface area contributed by atoms with Gasteiger partial charge in [-0.3, -0.25) is 4.79 Å².